The molecule has 1 saturated heterocycles. The van der Waals surface area contributed by atoms with E-state index in [-0.39, 0.29) is 12.0 Å². The van der Waals surface area contributed by atoms with Gasteiger partial charge in [0, 0.05) is 6.61 Å². The highest BCUT2D eigenvalue weighted by molar-refractivity contribution is 5.94. The smallest absolute Gasteiger partial charge is 0.227 e. The van der Waals surface area contributed by atoms with Crippen molar-refractivity contribution in [2.45, 2.75) is 31.8 Å². The molecule has 5 heteroatoms. The van der Waals surface area contributed by atoms with E-state index in [0.717, 1.165) is 25.9 Å². The molecule has 1 aromatic carbocycles. The van der Waals surface area contributed by atoms with Crippen molar-refractivity contribution in [2.24, 2.45) is 0 Å². The van der Waals surface area contributed by atoms with Crippen LogP contribution in [-0.4, -0.2) is 18.6 Å². The van der Waals surface area contributed by atoms with Crippen LogP contribution in [0.5, 0.6) is 0 Å². The lowest BCUT2D eigenvalue weighted by Crippen LogP contribution is -2.25. The number of benzene rings is 1. The van der Waals surface area contributed by atoms with Gasteiger partial charge in [-0.2, -0.15) is 5.26 Å². The minimum Gasteiger partial charge on any atom is -0.397 e. The number of anilines is 2. The average Bonchev–Trinajstić information content (AvgIpc) is 2.42. The first kappa shape index (κ1) is 13.4. The minimum absolute atomic E-state index is 0.00774. The lowest BCUT2D eigenvalue weighted by molar-refractivity contribution is -0.119. The summed E-state index contributed by atoms with van der Waals surface area (Å²) in [4.78, 5) is 11.9. The second-order valence-corrected chi connectivity index (χ2v) is 4.65. The summed E-state index contributed by atoms with van der Waals surface area (Å²) in [5.74, 6) is -0.108. The second-order valence-electron chi connectivity index (χ2n) is 4.65. The molecule has 0 spiro atoms. The molecule has 1 atom stereocenters. The molecule has 0 saturated carbocycles. The number of nitrogens with zero attached hydrogens (tertiary/aromatic N) is 1. The maximum absolute atomic E-state index is 11.9. The zero-order valence-corrected chi connectivity index (χ0v) is 10.7. The Morgan fingerprint density at radius 1 is 1.53 bits per heavy atom. The Bertz CT molecular complexity index is 502. The average molecular weight is 259 g/mol. The Hall–Kier alpha value is -2.06. The van der Waals surface area contributed by atoms with Crippen molar-refractivity contribution in [1.29, 1.82) is 5.26 Å². The first-order valence-electron chi connectivity index (χ1n) is 6.40. The van der Waals surface area contributed by atoms with Crippen molar-refractivity contribution in [3.8, 4) is 6.07 Å². The van der Waals surface area contributed by atoms with Gasteiger partial charge in [-0.1, -0.05) is 0 Å². The Balaban J connectivity index is 1.93. The fraction of sp³-hybridized carbons (Fsp3) is 0.429. The first-order chi connectivity index (χ1) is 9.19. The van der Waals surface area contributed by atoms with Crippen LogP contribution in [0.4, 0.5) is 11.4 Å². The van der Waals surface area contributed by atoms with Crippen molar-refractivity contribution >= 4 is 17.3 Å². The third kappa shape index (κ3) is 3.70. The van der Waals surface area contributed by atoms with E-state index >= 15 is 0 Å². The molecule has 3 N–H and O–H groups in total. The molecule has 2 rings (SSSR count). The zero-order valence-electron chi connectivity index (χ0n) is 10.7. The van der Waals surface area contributed by atoms with E-state index in [4.69, 9.17) is 15.7 Å². The highest BCUT2D eigenvalue weighted by Crippen LogP contribution is 2.21. The van der Waals surface area contributed by atoms with Crippen LogP contribution >= 0.6 is 0 Å². The number of rotatable bonds is 3. The molecule has 1 aromatic rings. The van der Waals surface area contributed by atoms with E-state index in [9.17, 15) is 4.79 Å². The zero-order chi connectivity index (χ0) is 13.7. The monoisotopic (exact) mass is 259 g/mol. The van der Waals surface area contributed by atoms with Gasteiger partial charge in [0.25, 0.3) is 0 Å². The lowest BCUT2D eigenvalue weighted by Gasteiger charge is -2.22. The summed E-state index contributed by atoms with van der Waals surface area (Å²) in [5, 5.41) is 11.5. The fourth-order valence-electron chi connectivity index (χ4n) is 2.12. The van der Waals surface area contributed by atoms with Gasteiger partial charge < -0.3 is 15.8 Å². The number of ether oxygens (including phenoxy) is 1. The Morgan fingerprint density at radius 2 is 2.37 bits per heavy atom. The summed E-state index contributed by atoms with van der Waals surface area (Å²) in [6.45, 7) is 0.733. The van der Waals surface area contributed by atoms with E-state index in [0.29, 0.717) is 23.4 Å². The van der Waals surface area contributed by atoms with Crippen LogP contribution in [0.1, 0.15) is 31.2 Å². The number of nitrogens with two attached hydrogens (primary N) is 1. The van der Waals surface area contributed by atoms with Gasteiger partial charge in [-0.25, -0.2) is 0 Å². The predicted octanol–water partition coefficient (Wildman–Crippen LogP) is 2.04. The number of hydrogen-bond acceptors (Lipinski definition) is 4. The van der Waals surface area contributed by atoms with Gasteiger partial charge in [0.05, 0.1) is 35.5 Å². The third-order valence-corrected chi connectivity index (χ3v) is 3.14. The van der Waals surface area contributed by atoms with Gasteiger partial charge in [-0.15, -0.1) is 0 Å². The Labute approximate surface area is 112 Å². The van der Waals surface area contributed by atoms with E-state index in [1.807, 2.05) is 6.07 Å². The van der Waals surface area contributed by atoms with Gasteiger partial charge in [0.15, 0.2) is 0 Å². The third-order valence-electron chi connectivity index (χ3n) is 3.14. The SMILES string of the molecule is N#Cc1ccc(NC(=O)CC2CCCCO2)c(N)c1. The molecule has 100 valence electrons. The molecule has 19 heavy (non-hydrogen) atoms. The Morgan fingerprint density at radius 3 is 3.00 bits per heavy atom. The minimum atomic E-state index is -0.108. The van der Waals surface area contributed by atoms with Crippen molar-refractivity contribution in [3.05, 3.63) is 23.8 Å². The van der Waals surface area contributed by atoms with Gasteiger partial charge >= 0.3 is 0 Å². The predicted molar refractivity (Wildman–Crippen MR) is 72.4 cm³/mol. The lowest BCUT2D eigenvalue weighted by atomic mass is 10.1. The maximum Gasteiger partial charge on any atom is 0.227 e. The summed E-state index contributed by atoms with van der Waals surface area (Å²) < 4.78 is 5.52. The fourth-order valence-corrected chi connectivity index (χ4v) is 2.12. The maximum atomic E-state index is 11.9. The van der Waals surface area contributed by atoms with Gasteiger partial charge in [-0.05, 0) is 37.5 Å². The molecular formula is C14H17N3O2. The molecule has 1 heterocycles. The summed E-state index contributed by atoms with van der Waals surface area (Å²) in [6.07, 6.45) is 3.46. The molecule has 1 fully saturated rings. The molecule has 0 aromatic heterocycles. The van der Waals surface area contributed by atoms with Gasteiger partial charge in [-0.3, -0.25) is 4.79 Å². The van der Waals surface area contributed by atoms with Crippen LogP contribution in [0.3, 0.4) is 0 Å². The van der Waals surface area contributed by atoms with Gasteiger partial charge in [0.1, 0.15) is 0 Å². The number of nitrogen functional groups attached to an aromatic ring is 1. The quantitative estimate of drug-likeness (QED) is 0.813. The molecule has 0 radical (unpaired) electrons. The van der Waals surface area contributed by atoms with Crippen molar-refractivity contribution in [2.75, 3.05) is 17.7 Å². The van der Waals surface area contributed by atoms with Crippen LogP contribution in [0.25, 0.3) is 0 Å². The summed E-state index contributed by atoms with van der Waals surface area (Å²) in [7, 11) is 0. The first-order valence-corrected chi connectivity index (χ1v) is 6.40. The highest BCUT2D eigenvalue weighted by Gasteiger charge is 2.18. The number of nitrogens with one attached hydrogen (secondary N) is 1. The van der Waals surface area contributed by atoms with Crippen LogP contribution in [0.2, 0.25) is 0 Å². The van der Waals surface area contributed by atoms with E-state index in [1.54, 1.807) is 18.2 Å². The second kappa shape index (κ2) is 6.21. The number of hydrogen-bond donors (Lipinski definition) is 2. The molecule has 5 nitrogen and oxygen atoms in total. The van der Waals surface area contributed by atoms with Crippen molar-refractivity contribution in [1.82, 2.24) is 0 Å². The largest absolute Gasteiger partial charge is 0.397 e. The highest BCUT2D eigenvalue weighted by atomic mass is 16.5. The normalized spacial score (nSPS) is 18.6. The number of amides is 1. The Kier molecular flexibility index (Phi) is 4.37. The summed E-state index contributed by atoms with van der Waals surface area (Å²) >= 11 is 0. The molecule has 1 aliphatic rings. The number of carbonyl (C=O) groups excluding carboxylic acids is 1. The van der Waals surface area contributed by atoms with Crippen LogP contribution in [-0.2, 0) is 9.53 Å². The van der Waals surface area contributed by atoms with E-state index in [2.05, 4.69) is 5.32 Å². The van der Waals surface area contributed by atoms with Gasteiger partial charge in [0.2, 0.25) is 5.91 Å². The molecule has 0 aliphatic carbocycles. The summed E-state index contributed by atoms with van der Waals surface area (Å²) in [6, 6.07) is 6.82. The standard InChI is InChI=1S/C14H17N3O2/c15-9-10-4-5-13(12(16)7-10)17-14(18)8-11-3-1-2-6-19-11/h4-5,7,11H,1-3,6,8,16H2,(H,17,18). The van der Waals surface area contributed by atoms with Crippen molar-refractivity contribution < 1.29 is 9.53 Å². The number of carbonyl (C=O) groups is 1. The van der Waals surface area contributed by atoms with Crippen LogP contribution in [0.15, 0.2) is 18.2 Å². The topological polar surface area (TPSA) is 88.1 Å². The molecular weight excluding hydrogens is 242 g/mol. The van der Waals surface area contributed by atoms with Crippen LogP contribution in [0, 0.1) is 11.3 Å². The molecule has 1 amide bonds. The molecule has 1 aliphatic heterocycles. The summed E-state index contributed by atoms with van der Waals surface area (Å²) in [5.41, 5.74) is 7.20. The van der Waals surface area contributed by atoms with Crippen LogP contribution < -0.4 is 11.1 Å². The van der Waals surface area contributed by atoms with E-state index in [1.165, 1.54) is 0 Å². The molecule has 0 bridgehead atoms. The van der Waals surface area contributed by atoms with Crippen molar-refractivity contribution in [3.63, 3.8) is 0 Å². The number of nitriles is 1. The molecule has 1 unspecified atom stereocenters. The van der Waals surface area contributed by atoms with E-state index < -0.39 is 0 Å².